The lowest BCUT2D eigenvalue weighted by Gasteiger charge is -2.26. The van der Waals surface area contributed by atoms with Crippen molar-refractivity contribution < 1.29 is 13.9 Å². The van der Waals surface area contributed by atoms with Crippen LogP contribution in [0.1, 0.15) is 38.8 Å². The molecule has 0 spiro atoms. The highest BCUT2D eigenvalue weighted by Gasteiger charge is 2.26. The fourth-order valence-corrected chi connectivity index (χ4v) is 2.06. The molecule has 0 aliphatic carbocycles. The van der Waals surface area contributed by atoms with Crippen LogP contribution in [0.25, 0.3) is 0 Å². The first-order chi connectivity index (χ1) is 9.01. The molecule has 0 aromatic heterocycles. The number of carbonyl (C=O) groups is 1. The number of rotatable bonds is 6. The van der Waals surface area contributed by atoms with Gasteiger partial charge in [-0.15, -0.1) is 0 Å². The highest BCUT2D eigenvalue weighted by molar-refractivity contribution is 5.76. The van der Waals surface area contributed by atoms with Crippen molar-refractivity contribution >= 4 is 5.97 Å². The summed E-state index contributed by atoms with van der Waals surface area (Å²) in [6, 6.07) is 5.99. The molecule has 0 radical (unpaired) electrons. The molecule has 1 aromatic carbocycles. The Bertz CT molecular complexity index is 420. The second-order valence-corrected chi connectivity index (χ2v) is 4.89. The van der Waals surface area contributed by atoms with E-state index in [1.165, 1.54) is 13.2 Å². The molecule has 3 nitrogen and oxygen atoms in total. The number of esters is 1. The molecule has 0 fully saturated rings. The Kier molecular flexibility index (Phi) is 5.96. The van der Waals surface area contributed by atoms with E-state index in [1.807, 2.05) is 20.8 Å². The molecule has 2 atom stereocenters. The summed E-state index contributed by atoms with van der Waals surface area (Å²) in [5.74, 6) is -0.493. The van der Waals surface area contributed by atoms with E-state index < -0.39 is 6.04 Å². The van der Waals surface area contributed by atoms with Gasteiger partial charge in [0, 0.05) is 11.6 Å². The Morgan fingerprint density at radius 1 is 1.37 bits per heavy atom. The lowest BCUT2D eigenvalue weighted by atomic mass is 9.98. The average molecular weight is 267 g/mol. The lowest BCUT2D eigenvalue weighted by Crippen LogP contribution is -2.43. The van der Waals surface area contributed by atoms with E-state index in [4.69, 9.17) is 4.74 Å². The van der Waals surface area contributed by atoms with Gasteiger partial charge in [-0.05, 0) is 18.4 Å². The molecule has 106 valence electrons. The van der Waals surface area contributed by atoms with Crippen molar-refractivity contribution in [2.45, 2.75) is 39.3 Å². The third-order valence-electron chi connectivity index (χ3n) is 3.19. The Morgan fingerprint density at radius 3 is 2.47 bits per heavy atom. The maximum absolute atomic E-state index is 13.8. The number of hydrogen-bond acceptors (Lipinski definition) is 3. The standard InChI is InChI=1S/C15H22FNO2/c1-5-13(11-8-6-7-9-12(11)16)17-14(10(2)3)15(18)19-4/h6-10,13-14,17H,5H2,1-4H3/t13?,14-/m0/s1. The number of hydrogen-bond donors (Lipinski definition) is 1. The van der Waals surface area contributed by atoms with Crippen molar-refractivity contribution in [1.29, 1.82) is 0 Å². The molecule has 1 N–H and O–H groups in total. The Balaban J connectivity index is 2.92. The number of halogens is 1. The van der Waals surface area contributed by atoms with Crippen LogP contribution in [0, 0.1) is 11.7 Å². The molecule has 0 aliphatic heterocycles. The van der Waals surface area contributed by atoms with Crippen molar-refractivity contribution in [1.82, 2.24) is 5.32 Å². The van der Waals surface area contributed by atoms with Crippen molar-refractivity contribution in [3.63, 3.8) is 0 Å². The van der Waals surface area contributed by atoms with E-state index in [0.717, 1.165) is 0 Å². The van der Waals surface area contributed by atoms with E-state index in [-0.39, 0.29) is 23.7 Å². The van der Waals surface area contributed by atoms with E-state index in [2.05, 4.69) is 5.32 Å². The molecule has 0 amide bonds. The highest BCUT2D eigenvalue weighted by Crippen LogP contribution is 2.21. The van der Waals surface area contributed by atoms with Crippen molar-refractivity contribution in [3.05, 3.63) is 35.6 Å². The SMILES string of the molecule is CCC(N[C@H](C(=O)OC)C(C)C)c1ccccc1F. The molecule has 0 saturated carbocycles. The molecule has 4 heteroatoms. The minimum atomic E-state index is -0.436. The topological polar surface area (TPSA) is 38.3 Å². The summed E-state index contributed by atoms with van der Waals surface area (Å²) in [6.45, 7) is 5.82. The Morgan fingerprint density at radius 2 is 2.00 bits per heavy atom. The molecule has 0 heterocycles. The zero-order valence-corrected chi connectivity index (χ0v) is 11.9. The zero-order valence-electron chi connectivity index (χ0n) is 11.9. The highest BCUT2D eigenvalue weighted by atomic mass is 19.1. The fraction of sp³-hybridized carbons (Fsp3) is 0.533. The maximum Gasteiger partial charge on any atom is 0.323 e. The van der Waals surface area contributed by atoms with Gasteiger partial charge in [0.1, 0.15) is 11.9 Å². The summed E-state index contributed by atoms with van der Waals surface area (Å²) < 4.78 is 18.6. The van der Waals surface area contributed by atoms with Crippen molar-refractivity contribution in [2.24, 2.45) is 5.92 Å². The zero-order chi connectivity index (χ0) is 14.4. The molecule has 0 saturated heterocycles. The van der Waals surface area contributed by atoms with Gasteiger partial charge in [-0.2, -0.15) is 0 Å². The summed E-state index contributed by atoms with van der Waals surface area (Å²) in [7, 11) is 1.36. The number of benzene rings is 1. The summed E-state index contributed by atoms with van der Waals surface area (Å²) >= 11 is 0. The van der Waals surface area contributed by atoms with Crippen LogP contribution in [0.2, 0.25) is 0 Å². The number of carbonyl (C=O) groups excluding carboxylic acids is 1. The van der Waals surface area contributed by atoms with Gasteiger partial charge < -0.3 is 4.74 Å². The second-order valence-electron chi connectivity index (χ2n) is 4.89. The first kappa shape index (κ1) is 15.6. The molecule has 1 aromatic rings. The van der Waals surface area contributed by atoms with Crippen LogP contribution in [0.3, 0.4) is 0 Å². The molecule has 1 unspecified atom stereocenters. The van der Waals surface area contributed by atoms with E-state index >= 15 is 0 Å². The number of ether oxygens (including phenoxy) is 1. The van der Waals surface area contributed by atoms with Crippen molar-refractivity contribution in [3.8, 4) is 0 Å². The van der Waals surface area contributed by atoms with Crippen LogP contribution in [0.4, 0.5) is 4.39 Å². The fourth-order valence-electron chi connectivity index (χ4n) is 2.06. The molecule has 19 heavy (non-hydrogen) atoms. The van der Waals surface area contributed by atoms with Gasteiger partial charge in [0.25, 0.3) is 0 Å². The number of nitrogens with one attached hydrogen (secondary N) is 1. The van der Waals surface area contributed by atoms with E-state index in [1.54, 1.807) is 18.2 Å². The van der Waals surface area contributed by atoms with Gasteiger partial charge in [-0.3, -0.25) is 10.1 Å². The van der Waals surface area contributed by atoms with Gasteiger partial charge in [-0.25, -0.2) is 4.39 Å². The lowest BCUT2D eigenvalue weighted by molar-refractivity contribution is -0.144. The van der Waals surface area contributed by atoms with Crippen LogP contribution >= 0.6 is 0 Å². The Labute approximate surface area is 114 Å². The van der Waals surface area contributed by atoms with E-state index in [0.29, 0.717) is 12.0 Å². The minimum absolute atomic E-state index is 0.0771. The molecular weight excluding hydrogens is 245 g/mol. The van der Waals surface area contributed by atoms with Gasteiger partial charge in [0.2, 0.25) is 0 Å². The molecular formula is C15H22FNO2. The third kappa shape index (κ3) is 4.03. The quantitative estimate of drug-likeness (QED) is 0.805. The van der Waals surface area contributed by atoms with E-state index in [9.17, 15) is 9.18 Å². The van der Waals surface area contributed by atoms with Crippen LogP contribution in [0.15, 0.2) is 24.3 Å². The molecule has 1 rings (SSSR count). The maximum atomic E-state index is 13.8. The predicted molar refractivity (Wildman–Crippen MR) is 73.2 cm³/mol. The normalized spacial score (nSPS) is 14.2. The summed E-state index contributed by atoms with van der Waals surface area (Å²) in [4.78, 5) is 11.7. The average Bonchev–Trinajstić information content (AvgIpc) is 2.40. The minimum Gasteiger partial charge on any atom is -0.468 e. The first-order valence-electron chi connectivity index (χ1n) is 6.59. The molecule has 0 bridgehead atoms. The first-order valence-corrected chi connectivity index (χ1v) is 6.59. The van der Waals surface area contributed by atoms with Crippen molar-refractivity contribution in [2.75, 3.05) is 7.11 Å². The third-order valence-corrected chi connectivity index (χ3v) is 3.19. The largest absolute Gasteiger partial charge is 0.468 e. The van der Waals surface area contributed by atoms with Gasteiger partial charge >= 0.3 is 5.97 Å². The number of methoxy groups -OCH3 is 1. The van der Waals surface area contributed by atoms with Gasteiger partial charge in [-0.1, -0.05) is 39.0 Å². The second kappa shape index (κ2) is 7.24. The van der Waals surface area contributed by atoms with Crippen LogP contribution < -0.4 is 5.32 Å². The summed E-state index contributed by atoms with van der Waals surface area (Å²) in [6.07, 6.45) is 0.696. The van der Waals surface area contributed by atoms with Crippen LogP contribution in [0.5, 0.6) is 0 Å². The monoisotopic (exact) mass is 267 g/mol. The van der Waals surface area contributed by atoms with Crippen LogP contribution in [-0.4, -0.2) is 19.1 Å². The predicted octanol–water partition coefficient (Wildman–Crippen LogP) is 3.06. The summed E-state index contributed by atoms with van der Waals surface area (Å²) in [5, 5.41) is 3.20. The van der Waals surface area contributed by atoms with Crippen LogP contribution in [-0.2, 0) is 9.53 Å². The smallest absolute Gasteiger partial charge is 0.323 e. The molecule has 0 aliphatic rings. The van der Waals surface area contributed by atoms with Gasteiger partial charge in [0.15, 0.2) is 0 Å². The summed E-state index contributed by atoms with van der Waals surface area (Å²) in [5.41, 5.74) is 0.583. The van der Waals surface area contributed by atoms with Gasteiger partial charge in [0.05, 0.1) is 7.11 Å². The Hall–Kier alpha value is -1.42.